The number of hydrogen-bond acceptors (Lipinski definition) is 3. The Morgan fingerprint density at radius 3 is 1.06 bits per heavy atom. The maximum atomic E-state index is 3.07. The van der Waals surface area contributed by atoms with Gasteiger partial charge in [-0.25, -0.2) is 0 Å². The van der Waals surface area contributed by atoms with E-state index in [1.54, 1.807) is 0 Å². The fourth-order valence-corrected chi connectivity index (χ4v) is 2.32. The molecule has 3 N–H and O–H groups in total. The minimum Gasteiger partial charge on any atom is -0.388 e. The molecule has 0 spiro atoms. The second-order valence-electron chi connectivity index (χ2n) is 6.35. The molecule has 3 heteroatoms. The SMILES string of the molecule is C.C.CC.CNc1ccc(C)cc1.CNc1cccc(C)c1.CNc1cccc(C)c1. The van der Waals surface area contributed by atoms with Gasteiger partial charge in [0.1, 0.15) is 0 Å². The molecule has 0 aliphatic heterocycles. The van der Waals surface area contributed by atoms with Gasteiger partial charge < -0.3 is 16.0 Å². The van der Waals surface area contributed by atoms with E-state index in [2.05, 4.69) is 85.3 Å². The van der Waals surface area contributed by atoms with E-state index in [9.17, 15) is 0 Å². The lowest BCUT2D eigenvalue weighted by molar-refractivity contribution is 1.43. The fraction of sp³-hybridized carbons (Fsp3) is 0.357. The van der Waals surface area contributed by atoms with Crippen molar-refractivity contribution in [2.24, 2.45) is 0 Å². The van der Waals surface area contributed by atoms with Crippen LogP contribution in [0.15, 0.2) is 72.8 Å². The van der Waals surface area contributed by atoms with E-state index in [1.165, 1.54) is 33.8 Å². The van der Waals surface area contributed by atoms with Crippen LogP contribution in [0.5, 0.6) is 0 Å². The Balaban J connectivity index is -0.000000353. The number of rotatable bonds is 3. The number of aryl methyl sites for hydroxylation is 3. The maximum Gasteiger partial charge on any atom is 0.0340 e. The summed E-state index contributed by atoms with van der Waals surface area (Å²) in [7, 11) is 5.77. The molecule has 0 amide bonds. The lowest BCUT2D eigenvalue weighted by atomic mass is 10.2. The van der Waals surface area contributed by atoms with Crippen LogP contribution in [-0.2, 0) is 0 Å². The van der Waals surface area contributed by atoms with Crippen molar-refractivity contribution in [3.8, 4) is 0 Å². The van der Waals surface area contributed by atoms with E-state index in [-0.39, 0.29) is 14.9 Å². The minimum absolute atomic E-state index is 0. The largest absolute Gasteiger partial charge is 0.388 e. The summed E-state index contributed by atoms with van der Waals surface area (Å²) in [5, 5.41) is 9.19. The molecular formula is C28H47N3. The van der Waals surface area contributed by atoms with Gasteiger partial charge >= 0.3 is 0 Å². The highest BCUT2D eigenvalue weighted by molar-refractivity contribution is 5.45. The summed E-state index contributed by atoms with van der Waals surface area (Å²) < 4.78 is 0. The van der Waals surface area contributed by atoms with Gasteiger partial charge in [-0.1, -0.05) is 70.7 Å². The molecule has 0 saturated heterocycles. The average molecular weight is 426 g/mol. The van der Waals surface area contributed by atoms with Crippen molar-refractivity contribution in [3.63, 3.8) is 0 Å². The van der Waals surface area contributed by atoms with Crippen LogP contribution in [-0.4, -0.2) is 21.1 Å². The van der Waals surface area contributed by atoms with E-state index in [0.717, 1.165) is 0 Å². The molecule has 0 aliphatic carbocycles. The molecule has 31 heavy (non-hydrogen) atoms. The maximum absolute atomic E-state index is 3.07. The summed E-state index contributed by atoms with van der Waals surface area (Å²) in [5.41, 5.74) is 7.41. The Bertz CT molecular complexity index is 735. The first kappa shape index (κ1) is 32.7. The van der Waals surface area contributed by atoms with Gasteiger partial charge in [-0.2, -0.15) is 0 Å². The van der Waals surface area contributed by atoms with Crippen molar-refractivity contribution >= 4 is 17.1 Å². The molecule has 3 rings (SSSR count). The molecule has 0 unspecified atom stereocenters. The fourth-order valence-electron chi connectivity index (χ4n) is 2.32. The van der Waals surface area contributed by atoms with Crippen LogP contribution in [0, 0.1) is 20.8 Å². The molecule has 3 aromatic rings. The molecule has 0 aliphatic rings. The van der Waals surface area contributed by atoms with Crippen LogP contribution in [0.4, 0.5) is 17.1 Å². The first-order valence-corrected chi connectivity index (χ1v) is 10.2. The number of nitrogens with one attached hydrogen (secondary N) is 3. The van der Waals surface area contributed by atoms with Gasteiger partial charge in [-0.05, 0) is 68.3 Å². The average Bonchev–Trinajstić information content (AvgIpc) is 2.76. The standard InChI is InChI=1S/3C8H11N.C2H6.2CH4/c1-7-3-5-8(9-2)6-4-7;2*1-7-4-3-5-8(6-7)9-2;1-2;;/h3*3-6,9H,1-2H3;1-2H3;2*1H4. The van der Waals surface area contributed by atoms with Gasteiger partial charge in [0.25, 0.3) is 0 Å². The van der Waals surface area contributed by atoms with Crippen LogP contribution in [0.3, 0.4) is 0 Å². The van der Waals surface area contributed by atoms with E-state index in [0.29, 0.717) is 0 Å². The summed E-state index contributed by atoms with van der Waals surface area (Å²) in [6.07, 6.45) is 0. The van der Waals surface area contributed by atoms with Gasteiger partial charge in [0, 0.05) is 38.2 Å². The van der Waals surface area contributed by atoms with Crippen LogP contribution in [0.25, 0.3) is 0 Å². The van der Waals surface area contributed by atoms with Crippen molar-refractivity contribution in [2.75, 3.05) is 37.1 Å². The molecular weight excluding hydrogens is 378 g/mol. The quantitative estimate of drug-likeness (QED) is 0.394. The normalized spacial score (nSPS) is 8.13. The van der Waals surface area contributed by atoms with Crippen LogP contribution in [0.1, 0.15) is 45.4 Å². The predicted octanol–water partition coefficient (Wildman–Crippen LogP) is 8.41. The monoisotopic (exact) mass is 425 g/mol. The Morgan fingerprint density at radius 2 is 0.806 bits per heavy atom. The van der Waals surface area contributed by atoms with E-state index >= 15 is 0 Å². The second-order valence-corrected chi connectivity index (χ2v) is 6.35. The number of anilines is 3. The smallest absolute Gasteiger partial charge is 0.0340 e. The topological polar surface area (TPSA) is 36.1 Å². The van der Waals surface area contributed by atoms with Crippen molar-refractivity contribution in [1.29, 1.82) is 0 Å². The zero-order chi connectivity index (χ0) is 22.1. The molecule has 174 valence electrons. The third kappa shape index (κ3) is 15.5. The van der Waals surface area contributed by atoms with Gasteiger partial charge in [-0.3, -0.25) is 0 Å². The highest BCUT2D eigenvalue weighted by Crippen LogP contribution is 2.08. The number of benzene rings is 3. The second kappa shape index (κ2) is 20.3. The van der Waals surface area contributed by atoms with Gasteiger partial charge in [0.15, 0.2) is 0 Å². The van der Waals surface area contributed by atoms with Crippen molar-refractivity contribution in [2.45, 2.75) is 49.5 Å². The van der Waals surface area contributed by atoms with Crippen LogP contribution < -0.4 is 16.0 Å². The van der Waals surface area contributed by atoms with Gasteiger partial charge in [0.05, 0.1) is 0 Å². The predicted molar refractivity (Wildman–Crippen MR) is 147 cm³/mol. The highest BCUT2D eigenvalue weighted by Gasteiger charge is 1.86. The molecule has 0 aromatic heterocycles. The van der Waals surface area contributed by atoms with Crippen molar-refractivity contribution < 1.29 is 0 Å². The Labute approximate surface area is 193 Å². The van der Waals surface area contributed by atoms with E-state index < -0.39 is 0 Å². The summed E-state index contributed by atoms with van der Waals surface area (Å²) in [4.78, 5) is 0. The zero-order valence-electron chi connectivity index (χ0n) is 19.4. The van der Waals surface area contributed by atoms with Crippen LogP contribution >= 0.6 is 0 Å². The van der Waals surface area contributed by atoms with Gasteiger partial charge in [0.2, 0.25) is 0 Å². The third-order valence-electron chi connectivity index (χ3n) is 3.95. The highest BCUT2D eigenvalue weighted by atomic mass is 14.8. The molecule has 0 atom stereocenters. The molecule has 0 heterocycles. The molecule has 0 radical (unpaired) electrons. The summed E-state index contributed by atoms with van der Waals surface area (Å²) in [5.74, 6) is 0. The van der Waals surface area contributed by atoms with Gasteiger partial charge in [-0.15, -0.1) is 0 Å². The van der Waals surface area contributed by atoms with Crippen molar-refractivity contribution in [3.05, 3.63) is 89.5 Å². The number of hydrogen-bond donors (Lipinski definition) is 3. The molecule has 0 saturated carbocycles. The summed E-state index contributed by atoms with van der Waals surface area (Å²) >= 11 is 0. The summed E-state index contributed by atoms with van der Waals surface area (Å²) in [6.45, 7) is 10.3. The molecule has 3 nitrogen and oxygen atoms in total. The Hall–Kier alpha value is -2.94. The zero-order valence-corrected chi connectivity index (χ0v) is 19.4. The van der Waals surface area contributed by atoms with Crippen molar-refractivity contribution in [1.82, 2.24) is 0 Å². The van der Waals surface area contributed by atoms with E-state index in [4.69, 9.17) is 0 Å². The van der Waals surface area contributed by atoms with E-state index in [1.807, 2.05) is 59.3 Å². The molecule has 0 fully saturated rings. The first-order chi connectivity index (χ1) is 14.0. The lowest BCUT2D eigenvalue weighted by Crippen LogP contribution is -1.86. The first-order valence-electron chi connectivity index (χ1n) is 10.2. The lowest BCUT2D eigenvalue weighted by Gasteiger charge is -1.98. The Kier molecular flexibility index (Phi) is 21.5. The van der Waals surface area contributed by atoms with Crippen LogP contribution in [0.2, 0.25) is 0 Å². The molecule has 0 bridgehead atoms. The third-order valence-corrected chi connectivity index (χ3v) is 3.95. The minimum atomic E-state index is 0. The summed E-state index contributed by atoms with van der Waals surface area (Å²) in [6, 6.07) is 24.9. The molecule has 3 aromatic carbocycles. The Morgan fingerprint density at radius 1 is 0.452 bits per heavy atom.